The van der Waals surface area contributed by atoms with E-state index in [-0.39, 0.29) is 0 Å². The number of benzene rings is 2. The lowest BCUT2D eigenvalue weighted by atomic mass is 9.86. The second-order valence-electron chi connectivity index (χ2n) is 8.43. The molecule has 2 unspecified atom stereocenters. The van der Waals surface area contributed by atoms with Crippen LogP contribution >= 0.6 is 11.3 Å². The third kappa shape index (κ3) is 3.65. The molecule has 2 aliphatic rings. The highest BCUT2D eigenvalue weighted by molar-refractivity contribution is 7.08. The van der Waals surface area contributed by atoms with E-state index < -0.39 is 0 Å². The van der Waals surface area contributed by atoms with Gasteiger partial charge in [-0.05, 0) is 89.4 Å². The first kappa shape index (κ1) is 18.7. The summed E-state index contributed by atoms with van der Waals surface area (Å²) in [7, 11) is 0. The van der Waals surface area contributed by atoms with Gasteiger partial charge in [0.2, 0.25) is 0 Å². The van der Waals surface area contributed by atoms with Gasteiger partial charge in [0.15, 0.2) is 0 Å². The van der Waals surface area contributed by atoms with Crippen molar-refractivity contribution < 1.29 is 5.11 Å². The van der Waals surface area contributed by atoms with Crippen molar-refractivity contribution in [3.63, 3.8) is 0 Å². The average molecular weight is 402 g/mol. The average Bonchev–Trinajstić information content (AvgIpc) is 3.32. The van der Waals surface area contributed by atoms with Crippen LogP contribution in [0.15, 0.2) is 70.9 Å². The molecule has 0 spiro atoms. The molecule has 0 aliphatic carbocycles. The van der Waals surface area contributed by atoms with Gasteiger partial charge < -0.3 is 5.11 Å². The van der Waals surface area contributed by atoms with E-state index in [9.17, 15) is 5.11 Å². The van der Waals surface area contributed by atoms with Crippen molar-refractivity contribution in [2.45, 2.75) is 51.2 Å². The Kier molecular flexibility index (Phi) is 5.03. The Hall–Kier alpha value is -2.36. The molecular formula is C26H27NOS. The molecule has 2 bridgehead atoms. The summed E-state index contributed by atoms with van der Waals surface area (Å²) in [5.41, 5.74) is 8.39. The van der Waals surface area contributed by atoms with Crippen molar-refractivity contribution in [3.05, 3.63) is 93.2 Å². The van der Waals surface area contributed by atoms with Crippen LogP contribution in [0.25, 0.3) is 5.57 Å². The largest absolute Gasteiger partial charge is 0.508 e. The second-order valence-corrected chi connectivity index (χ2v) is 9.21. The predicted molar refractivity (Wildman–Crippen MR) is 121 cm³/mol. The van der Waals surface area contributed by atoms with Gasteiger partial charge >= 0.3 is 0 Å². The molecule has 1 N–H and O–H groups in total. The zero-order valence-electron chi connectivity index (χ0n) is 16.8. The van der Waals surface area contributed by atoms with Crippen molar-refractivity contribution in [2.75, 3.05) is 0 Å². The maximum Gasteiger partial charge on any atom is 0.115 e. The Morgan fingerprint density at radius 2 is 1.69 bits per heavy atom. The van der Waals surface area contributed by atoms with Gasteiger partial charge in [-0.3, -0.25) is 4.90 Å². The molecule has 0 amide bonds. The fourth-order valence-electron chi connectivity index (χ4n) is 5.16. The van der Waals surface area contributed by atoms with Gasteiger partial charge in [0.25, 0.3) is 0 Å². The maximum absolute atomic E-state index is 9.75. The van der Waals surface area contributed by atoms with Crippen molar-refractivity contribution in [2.24, 2.45) is 0 Å². The molecule has 2 aromatic carbocycles. The normalized spacial score (nSPS) is 21.5. The van der Waals surface area contributed by atoms with Crippen molar-refractivity contribution in [1.29, 1.82) is 0 Å². The number of rotatable bonds is 4. The summed E-state index contributed by atoms with van der Waals surface area (Å²) in [4.78, 5) is 2.76. The van der Waals surface area contributed by atoms with Gasteiger partial charge in [-0.25, -0.2) is 0 Å². The summed E-state index contributed by atoms with van der Waals surface area (Å²) < 4.78 is 0. The van der Waals surface area contributed by atoms with Gasteiger partial charge in [-0.1, -0.05) is 42.0 Å². The van der Waals surface area contributed by atoms with E-state index in [4.69, 9.17) is 0 Å². The summed E-state index contributed by atoms with van der Waals surface area (Å²) in [6.45, 7) is 3.30. The number of nitrogens with zero attached hydrogens (tertiary/aromatic N) is 1. The van der Waals surface area contributed by atoms with E-state index in [1.807, 2.05) is 12.1 Å². The topological polar surface area (TPSA) is 23.5 Å². The summed E-state index contributed by atoms with van der Waals surface area (Å²) >= 11 is 1.76. The minimum atomic E-state index is 0.330. The first-order valence-electron chi connectivity index (χ1n) is 10.5. The fraction of sp³-hybridized carbons (Fsp3) is 0.308. The lowest BCUT2D eigenvalue weighted by molar-refractivity contribution is 0.157. The quantitative estimate of drug-likeness (QED) is 0.547. The molecule has 2 nitrogen and oxygen atoms in total. The molecule has 2 aliphatic heterocycles. The van der Waals surface area contributed by atoms with Gasteiger partial charge in [0.05, 0.1) is 0 Å². The molecule has 148 valence electrons. The smallest absolute Gasteiger partial charge is 0.115 e. The Morgan fingerprint density at radius 1 is 0.966 bits per heavy atom. The third-order valence-corrected chi connectivity index (χ3v) is 7.35. The molecular weight excluding hydrogens is 374 g/mol. The van der Waals surface area contributed by atoms with Gasteiger partial charge in [-0.2, -0.15) is 11.3 Å². The SMILES string of the molecule is Cc1ccccc1CN1C2CCC1CC(=C(c1ccc(O)cc1)c1ccsc1)C2. The van der Waals surface area contributed by atoms with Crippen LogP contribution in [0.2, 0.25) is 0 Å². The minimum absolute atomic E-state index is 0.330. The van der Waals surface area contributed by atoms with Crippen LogP contribution in [0.3, 0.4) is 0 Å². The summed E-state index contributed by atoms with van der Waals surface area (Å²) in [5, 5.41) is 14.2. The van der Waals surface area contributed by atoms with Gasteiger partial charge in [-0.15, -0.1) is 0 Å². The summed E-state index contributed by atoms with van der Waals surface area (Å²) in [6, 6.07) is 20.1. The molecule has 2 fully saturated rings. The number of phenols is 1. The monoisotopic (exact) mass is 401 g/mol. The molecule has 3 heterocycles. The molecule has 3 aromatic rings. The second kappa shape index (κ2) is 7.81. The Labute approximate surface area is 177 Å². The first-order chi connectivity index (χ1) is 14.2. The van der Waals surface area contributed by atoms with Crippen LogP contribution in [0.4, 0.5) is 0 Å². The van der Waals surface area contributed by atoms with Crippen LogP contribution in [0, 0.1) is 6.92 Å². The van der Waals surface area contributed by atoms with Gasteiger partial charge in [0, 0.05) is 18.6 Å². The van der Waals surface area contributed by atoms with E-state index >= 15 is 0 Å². The zero-order chi connectivity index (χ0) is 19.8. The van der Waals surface area contributed by atoms with Gasteiger partial charge in [0.1, 0.15) is 5.75 Å². The number of hydrogen-bond acceptors (Lipinski definition) is 3. The molecule has 2 atom stereocenters. The number of aromatic hydroxyl groups is 1. The molecule has 2 saturated heterocycles. The summed E-state index contributed by atoms with van der Waals surface area (Å²) in [5.74, 6) is 0.330. The fourth-order valence-corrected chi connectivity index (χ4v) is 5.81. The van der Waals surface area contributed by atoms with Crippen LogP contribution in [0.5, 0.6) is 5.75 Å². The number of fused-ring (bicyclic) bond motifs is 2. The molecule has 0 radical (unpaired) electrons. The zero-order valence-corrected chi connectivity index (χ0v) is 17.7. The van der Waals surface area contributed by atoms with Crippen LogP contribution in [-0.2, 0) is 6.54 Å². The highest BCUT2D eigenvalue weighted by Gasteiger charge is 2.39. The number of hydrogen-bond donors (Lipinski definition) is 1. The number of piperidine rings is 1. The molecule has 0 saturated carbocycles. The predicted octanol–water partition coefficient (Wildman–Crippen LogP) is 6.39. The third-order valence-electron chi connectivity index (χ3n) is 6.67. The van der Waals surface area contributed by atoms with E-state index in [2.05, 4.69) is 65.0 Å². The van der Waals surface area contributed by atoms with Crippen molar-refractivity contribution in [3.8, 4) is 5.75 Å². The van der Waals surface area contributed by atoms with Crippen molar-refractivity contribution in [1.82, 2.24) is 4.90 Å². The van der Waals surface area contributed by atoms with Crippen LogP contribution < -0.4 is 0 Å². The molecule has 1 aromatic heterocycles. The van der Waals surface area contributed by atoms with E-state index in [1.165, 1.54) is 40.7 Å². The van der Waals surface area contributed by atoms with Crippen LogP contribution in [0.1, 0.15) is 47.9 Å². The van der Waals surface area contributed by atoms with E-state index in [0.29, 0.717) is 17.8 Å². The first-order valence-corrected chi connectivity index (χ1v) is 11.5. The van der Waals surface area contributed by atoms with Crippen molar-refractivity contribution >= 4 is 16.9 Å². The minimum Gasteiger partial charge on any atom is -0.508 e. The molecule has 29 heavy (non-hydrogen) atoms. The standard InChI is InChI=1S/C26H27NOS/c1-18-4-2-3-5-20(18)16-27-23-8-9-24(27)15-22(14-23)26(21-12-13-29-17-21)19-6-10-25(28)11-7-19/h2-7,10-13,17,23-24,28H,8-9,14-16H2,1H3. The highest BCUT2D eigenvalue weighted by Crippen LogP contribution is 2.44. The number of thiophene rings is 1. The van der Waals surface area contributed by atoms with Crippen LogP contribution in [-0.4, -0.2) is 22.1 Å². The van der Waals surface area contributed by atoms with E-state index in [0.717, 1.165) is 19.4 Å². The highest BCUT2D eigenvalue weighted by atomic mass is 32.1. The maximum atomic E-state index is 9.75. The number of aryl methyl sites for hydroxylation is 1. The summed E-state index contributed by atoms with van der Waals surface area (Å²) in [6.07, 6.45) is 4.89. The lowest BCUT2D eigenvalue weighted by Gasteiger charge is -2.37. The van der Waals surface area contributed by atoms with E-state index in [1.54, 1.807) is 16.9 Å². The lowest BCUT2D eigenvalue weighted by Crippen LogP contribution is -2.40. The molecule has 3 heteroatoms. The Morgan fingerprint density at radius 3 is 2.34 bits per heavy atom. The molecule has 5 rings (SSSR count). The Balaban J connectivity index is 1.48. The Bertz CT molecular complexity index is 1000. The number of phenolic OH excluding ortho intramolecular Hbond substituents is 1.